The molecule has 1 unspecified atom stereocenters. The van der Waals surface area contributed by atoms with Crippen molar-refractivity contribution in [3.05, 3.63) is 96.1 Å². The highest BCUT2D eigenvalue weighted by molar-refractivity contribution is 7.99. The minimum Gasteiger partial charge on any atom is -0.349 e. The standard InChI is InChI=1S/C25H24N4OS/c1-18-13-15-22(16-14-18)29-24(21-11-7-4-8-12-21)27-28-25(29)31-17-23(30)26-19(2)20-9-5-3-6-10-20/h3-16,19H,17H2,1-2H3,(H,26,30). The molecule has 4 rings (SSSR count). The Morgan fingerprint density at radius 1 is 0.935 bits per heavy atom. The number of nitrogens with zero attached hydrogens (tertiary/aromatic N) is 3. The summed E-state index contributed by atoms with van der Waals surface area (Å²) in [7, 11) is 0. The average molecular weight is 429 g/mol. The van der Waals surface area contributed by atoms with Gasteiger partial charge in [-0.25, -0.2) is 0 Å². The van der Waals surface area contributed by atoms with Crippen LogP contribution in [0.25, 0.3) is 17.1 Å². The average Bonchev–Trinajstić information content (AvgIpc) is 3.23. The molecule has 4 aromatic rings. The van der Waals surface area contributed by atoms with Gasteiger partial charge < -0.3 is 5.32 Å². The number of aryl methyl sites for hydroxylation is 1. The smallest absolute Gasteiger partial charge is 0.230 e. The Balaban J connectivity index is 1.55. The van der Waals surface area contributed by atoms with Crippen LogP contribution in [0.15, 0.2) is 90.1 Å². The third-order valence-corrected chi connectivity index (χ3v) is 5.90. The first-order valence-electron chi connectivity index (χ1n) is 10.2. The Morgan fingerprint density at radius 3 is 2.26 bits per heavy atom. The van der Waals surface area contributed by atoms with Crippen LogP contribution in [0.2, 0.25) is 0 Å². The minimum atomic E-state index is -0.0517. The summed E-state index contributed by atoms with van der Waals surface area (Å²) in [5.41, 5.74) is 4.20. The van der Waals surface area contributed by atoms with E-state index in [1.54, 1.807) is 0 Å². The number of hydrogen-bond donors (Lipinski definition) is 1. The SMILES string of the molecule is Cc1ccc(-n2c(SCC(=O)NC(C)c3ccccc3)nnc2-c2ccccc2)cc1. The summed E-state index contributed by atoms with van der Waals surface area (Å²) in [4.78, 5) is 12.6. The lowest BCUT2D eigenvalue weighted by Crippen LogP contribution is -2.28. The largest absolute Gasteiger partial charge is 0.349 e. The van der Waals surface area contributed by atoms with Gasteiger partial charge in [0, 0.05) is 11.3 Å². The van der Waals surface area contributed by atoms with Gasteiger partial charge in [-0.15, -0.1) is 10.2 Å². The summed E-state index contributed by atoms with van der Waals surface area (Å²) >= 11 is 1.38. The molecule has 31 heavy (non-hydrogen) atoms. The van der Waals surface area contributed by atoms with Crippen molar-refractivity contribution in [2.45, 2.75) is 25.0 Å². The van der Waals surface area contributed by atoms with Gasteiger partial charge in [-0.3, -0.25) is 9.36 Å². The van der Waals surface area contributed by atoms with Gasteiger partial charge in [0.2, 0.25) is 5.91 Å². The van der Waals surface area contributed by atoms with Gasteiger partial charge in [0.1, 0.15) is 0 Å². The second kappa shape index (κ2) is 9.62. The lowest BCUT2D eigenvalue weighted by molar-refractivity contribution is -0.119. The molecule has 0 aliphatic carbocycles. The zero-order valence-corrected chi connectivity index (χ0v) is 18.3. The van der Waals surface area contributed by atoms with Gasteiger partial charge in [-0.05, 0) is 31.5 Å². The number of carbonyl (C=O) groups is 1. The van der Waals surface area contributed by atoms with E-state index in [0.717, 1.165) is 22.6 Å². The number of hydrogen-bond acceptors (Lipinski definition) is 4. The van der Waals surface area contributed by atoms with Crippen LogP contribution in [-0.2, 0) is 4.79 Å². The van der Waals surface area contributed by atoms with Crippen LogP contribution in [-0.4, -0.2) is 26.4 Å². The Labute approximate surface area is 186 Å². The molecule has 1 amide bonds. The fourth-order valence-corrected chi connectivity index (χ4v) is 4.07. The van der Waals surface area contributed by atoms with Crippen molar-refractivity contribution >= 4 is 17.7 Å². The summed E-state index contributed by atoms with van der Waals surface area (Å²) < 4.78 is 2.01. The van der Waals surface area contributed by atoms with Crippen LogP contribution >= 0.6 is 11.8 Å². The first-order valence-corrected chi connectivity index (χ1v) is 11.2. The first kappa shape index (κ1) is 20.9. The minimum absolute atomic E-state index is 0.0407. The Bertz CT molecular complexity index is 1140. The van der Waals surface area contributed by atoms with E-state index in [4.69, 9.17) is 0 Å². The molecule has 6 heteroatoms. The zero-order valence-electron chi connectivity index (χ0n) is 17.5. The van der Waals surface area contributed by atoms with E-state index in [1.165, 1.54) is 17.3 Å². The van der Waals surface area contributed by atoms with Gasteiger partial charge in [0.15, 0.2) is 11.0 Å². The van der Waals surface area contributed by atoms with E-state index < -0.39 is 0 Å². The maximum atomic E-state index is 12.6. The molecule has 0 fully saturated rings. The second-order valence-corrected chi connectivity index (χ2v) is 8.27. The van der Waals surface area contributed by atoms with Crippen molar-refractivity contribution < 1.29 is 4.79 Å². The molecule has 0 aliphatic rings. The van der Waals surface area contributed by atoms with E-state index >= 15 is 0 Å². The van der Waals surface area contributed by atoms with Gasteiger partial charge in [0.25, 0.3) is 0 Å². The number of aromatic nitrogens is 3. The Hall–Kier alpha value is -3.38. The number of benzene rings is 3. The Kier molecular flexibility index (Phi) is 6.48. The molecule has 0 radical (unpaired) electrons. The van der Waals surface area contributed by atoms with Crippen molar-refractivity contribution in [2.24, 2.45) is 0 Å². The van der Waals surface area contributed by atoms with Crippen molar-refractivity contribution in [3.63, 3.8) is 0 Å². The van der Waals surface area contributed by atoms with Crippen molar-refractivity contribution in [1.82, 2.24) is 20.1 Å². The van der Waals surface area contributed by atoms with Gasteiger partial charge in [-0.2, -0.15) is 0 Å². The zero-order chi connectivity index (χ0) is 21.6. The highest BCUT2D eigenvalue weighted by Crippen LogP contribution is 2.28. The molecule has 0 bridgehead atoms. The normalized spacial score (nSPS) is 11.8. The highest BCUT2D eigenvalue weighted by Gasteiger charge is 2.18. The molecular formula is C25H24N4OS. The highest BCUT2D eigenvalue weighted by atomic mass is 32.2. The van der Waals surface area contributed by atoms with Crippen LogP contribution in [0, 0.1) is 6.92 Å². The number of rotatable bonds is 7. The molecule has 1 N–H and O–H groups in total. The lowest BCUT2D eigenvalue weighted by atomic mass is 10.1. The lowest BCUT2D eigenvalue weighted by Gasteiger charge is -2.14. The monoisotopic (exact) mass is 428 g/mol. The predicted octanol–water partition coefficient (Wildman–Crippen LogP) is 5.21. The topological polar surface area (TPSA) is 59.8 Å². The molecule has 0 saturated heterocycles. The summed E-state index contributed by atoms with van der Waals surface area (Å²) in [6.45, 7) is 4.04. The van der Waals surface area contributed by atoms with Gasteiger partial charge in [0.05, 0.1) is 11.8 Å². The van der Waals surface area contributed by atoms with Crippen molar-refractivity contribution in [1.29, 1.82) is 0 Å². The van der Waals surface area contributed by atoms with E-state index in [0.29, 0.717) is 5.16 Å². The molecule has 3 aromatic carbocycles. The number of carbonyl (C=O) groups excluding carboxylic acids is 1. The van der Waals surface area contributed by atoms with E-state index in [2.05, 4.69) is 34.6 Å². The van der Waals surface area contributed by atoms with E-state index in [1.807, 2.05) is 84.3 Å². The predicted molar refractivity (Wildman–Crippen MR) is 125 cm³/mol. The number of thioether (sulfide) groups is 1. The molecule has 5 nitrogen and oxygen atoms in total. The molecule has 0 aliphatic heterocycles. The summed E-state index contributed by atoms with van der Waals surface area (Å²) in [5, 5.41) is 12.6. The molecule has 1 heterocycles. The molecule has 156 valence electrons. The van der Waals surface area contributed by atoms with Crippen LogP contribution in [0.3, 0.4) is 0 Å². The molecule has 0 saturated carbocycles. The van der Waals surface area contributed by atoms with E-state index in [9.17, 15) is 4.79 Å². The molecule has 1 aromatic heterocycles. The number of nitrogens with one attached hydrogen (secondary N) is 1. The second-order valence-electron chi connectivity index (χ2n) is 7.33. The quantitative estimate of drug-likeness (QED) is 0.411. The third kappa shape index (κ3) is 5.03. The van der Waals surface area contributed by atoms with Gasteiger partial charge in [-0.1, -0.05) is 90.1 Å². The summed E-state index contributed by atoms with van der Waals surface area (Å²) in [5.74, 6) is 0.974. The third-order valence-electron chi connectivity index (χ3n) is 4.97. The van der Waals surface area contributed by atoms with Crippen LogP contribution in [0.1, 0.15) is 24.1 Å². The Morgan fingerprint density at radius 2 is 1.58 bits per heavy atom. The number of amides is 1. The van der Waals surface area contributed by atoms with Crippen LogP contribution in [0.5, 0.6) is 0 Å². The van der Waals surface area contributed by atoms with Crippen LogP contribution in [0.4, 0.5) is 0 Å². The maximum absolute atomic E-state index is 12.6. The summed E-state index contributed by atoms with van der Waals surface area (Å²) in [6, 6.07) is 28.1. The van der Waals surface area contributed by atoms with E-state index in [-0.39, 0.29) is 17.7 Å². The van der Waals surface area contributed by atoms with Gasteiger partial charge >= 0.3 is 0 Å². The van der Waals surface area contributed by atoms with Crippen molar-refractivity contribution in [2.75, 3.05) is 5.75 Å². The first-order chi connectivity index (χ1) is 15.1. The molecule has 0 spiro atoms. The summed E-state index contributed by atoms with van der Waals surface area (Å²) in [6.07, 6.45) is 0. The fourth-order valence-electron chi connectivity index (χ4n) is 3.30. The molecule has 1 atom stereocenters. The maximum Gasteiger partial charge on any atom is 0.230 e. The van der Waals surface area contributed by atoms with Crippen molar-refractivity contribution in [3.8, 4) is 17.1 Å². The van der Waals surface area contributed by atoms with Crippen LogP contribution < -0.4 is 5.32 Å². The fraction of sp³-hybridized carbons (Fsp3) is 0.160. The molecular weight excluding hydrogens is 404 g/mol.